The molecule has 1 aromatic rings. The van der Waals surface area contributed by atoms with Gasteiger partial charge in [-0.3, -0.25) is 0 Å². The lowest BCUT2D eigenvalue weighted by molar-refractivity contribution is 0.626. The van der Waals surface area contributed by atoms with Crippen LogP contribution >= 0.6 is 27.5 Å². The van der Waals surface area contributed by atoms with Gasteiger partial charge in [0.2, 0.25) is 0 Å². The molecule has 0 saturated carbocycles. The molecule has 0 amide bonds. The maximum absolute atomic E-state index is 12.4. The van der Waals surface area contributed by atoms with E-state index in [4.69, 9.17) is 11.6 Å². The van der Waals surface area contributed by atoms with Gasteiger partial charge in [-0.15, -0.1) is 11.6 Å². The molecule has 0 aliphatic heterocycles. The van der Waals surface area contributed by atoms with Crippen LogP contribution in [0.1, 0.15) is 5.56 Å². The molecule has 0 bridgehead atoms. The van der Waals surface area contributed by atoms with Gasteiger partial charge in [0.25, 0.3) is 0 Å². The minimum atomic E-state index is -0.249. The highest BCUT2D eigenvalue weighted by Gasteiger charge is 1.98. The Morgan fingerprint density at radius 2 is 2.20 bits per heavy atom. The molecule has 0 atom stereocenters. The second-order valence-electron chi connectivity index (χ2n) is 1.87. The van der Waals surface area contributed by atoms with Crippen molar-refractivity contribution in [2.75, 3.05) is 0 Å². The molecule has 0 saturated heterocycles. The molecule has 0 unspecified atom stereocenters. The van der Waals surface area contributed by atoms with Crippen LogP contribution in [-0.4, -0.2) is 0 Å². The first-order chi connectivity index (χ1) is 4.74. The summed E-state index contributed by atoms with van der Waals surface area (Å²) in [5.74, 6) is 0.154. The van der Waals surface area contributed by atoms with Crippen molar-refractivity contribution in [3.05, 3.63) is 34.1 Å². The van der Waals surface area contributed by atoms with Crippen molar-refractivity contribution >= 4 is 27.5 Å². The van der Waals surface area contributed by atoms with E-state index in [1.165, 1.54) is 12.1 Å². The first kappa shape index (κ1) is 8.02. The third kappa shape index (κ3) is 1.70. The fraction of sp³-hybridized carbons (Fsp3) is 0.143. The van der Waals surface area contributed by atoms with Gasteiger partial charge in [-0.2, -0.15) is 0 Å². The Morgan fingerprint density at radius 1 is 1.50 bits per heavy atom. The molecule has 3 heteroatoms. The average Bonchev–Trinajstić information content (AvgIpc) is 1.88. The minimum absolute atomic E-state index is 0.249. The standard InChI is InChI=1S/C7H5BrClF/c8-7-3-6(10)2-1-5(7)4-9/h1-3H,4H2. The van der Waals surface area contributed by atoms with Crippen molar-refractivity contribution in [1.82, 2.24) is 0 Å². The van der Waals surface area contributed by atoms with Crippen LogP contribution in [0.25, 0.3) is 0 Å². The molecule has 0 aliphatic rings. The van der Waals surface area contributed by atoms with Crippen LogP contribution in [0.4, 0.5) is 4.39 Å². The maximum Gasteiger partial charge on any atom is 0.124 e. The third-order valence-corrected chi connectivity index (χ3v) is 2.19. The SMILES string of the molecule is Fc1ccc(CCl)c(Br)c1. The van der Waals surface area contributed by atoms with Crippen molar-refractivity contribution < 1.29 is 4.39 Å². The summed E-state index contributed by atoms with van der Waals surface area (Å²) in [7, 11) is 0. The highest BCUT2D eigenvalue weighted by Crippen LogP contribution is 2.19. The minimum Gasteiger partial charge on any atom is -0.207 e. The van der Waals surface area contributed by atoms with Crippen molar-refractivity contribution in [3.63, 3.8) is 0 Å². The number of hydrogen-bond acceptors (Lipinski definition) is 0. The average molecular weight is 223 g/mol. The van der Waals surface area contributed by atoms with Gasteiger partial charge in [-0.1, -0.05) is 22.0 Å². The predicted octanol–water partition coefficient (Wildman–Crippen LogP) is 3.33. The van der Waals surface area contributed by atoms with Crippen LogP contribution in [-0.2, 0) is 5.88 Å². The Balaban J connectivity index is 3.07. The van der Waals surface area contributed by atoms with E-state index in [1.807, 2.05) is 0 Å². The van der Waals surface area contributed by atoms with Crippen molar-refractivity contribution in [3.8, 4) is 0 Å². The molecule has 1 rings (SSSR count). The lowest BCUT2D eigenvalue weighted by Gasteiger charge is -1.97. The first-order valence-electron chi connectivity index (χ1n) is 2.74. The van der Waals surface area contributed by atoms with E-state index in [9.17, 15) is 4.39 Å². The zero-order valence-corrected chi connectivity index (χ0v) is 7.41. The Labute approximate surface area is 72.1 Å². The van der Waals surface area contributed by atoms with E-state index in [0.717, 1.165) is 10.0 Å². The molecular formula is C7H5BrClF. The summed E-state index contributed by atoms with van der Waals surface area (Å²) < 4.78 is 13.1. The second-order valence-corrected chi connectivity index (χ2v) is 2.99. The topological polar surface area (TPSA) is 0 Å². The van der Waals surface area contributed by atoms with Crippen LogP contribution in [0.3, 0.4) is 0 Å². The molecule has 1 aromatic carbocycles. The van der Waals surface area contributed by atoms with Crippen molar-refractivity contribution in [2.45, 2.75) is 5.88 Å². The molecule has 10 heavy (non-hydrogen) atoms. The van der Waals surface area contributed by atoms with Gasteiger partial charge in [-0.25, -0.2) is 4.39 Å². The zero-order valence-electron chi connectivity index (χ0n) is 5.07. The van der Waals surface area contributed by atoms with Crippen molar-refractivity contribution in [2.24, 2.45) is 0 Å². The van der Waals surface area contributed by atoms with Crippen molar-refractivity contribution in [1.29, 1.82) is 0 Å². The van der Waals surface area contributed by atoms with E-state index < -0.39 is 0 Å². The van der Waals surface area contributed by atoms with Crippen LogP contribution in [0.5, 0.6) is 0 Å². The van der Waals surface area contributed by atoms with E-state index in [-0.39, 0.29) is 5.82 Å². The fourth-order valence-corrected chi connectivity index (χ4v) is 1.52. The number of halogens is 3. The lowest BCUT2D eigenvalue weighted by Crippen LogP contribution is -1.81. The summed E-state index contributed by atoms with van der Waals surface area (Å²) in [6.07, 6.45) is 0. The second kappa shape index (κ2) is 3.35. The summed E-state index contributed by atoms with van der Waals surface area (Å²) in [4.78, 5) is 0. The number of hydrogen-bond donors (Lipinski definition) is 0. The molecule has 0 N–H and O–H groups in total. The van der Waals surface area contributed by atoms with E-state index >= 15 is 0 Å². The fourth-order valence-electron chi connectivity index (χ4n) is 0.630. The normalized spacial score (nSPS) is 9.90. The van der Waals surface area contributed by atoms with Gasteiger partial charge in [0.05, 0.1) is 0 Å². The number of rotatable bonds is 1. The van der Waals surface area contributed by atoms with Gasteiger partial charge in [0.15, 0.2) is 0 Å². The van der Waals surface area contributed by atoms with Gasteiger partial charge in [0.1, 0.15) is 5.82 Å². The summed E-state index contributed by atoms with van der Waals surface area (Å²) in [5, 5.41) is 0. The van der Waals surface area contributed by atoms with Crippen LogP contribution in [0.15, 0.2) is 22.7 Å². The Bertz CT molecular complexity index is 237. The predicted molar refractivity (Wildman–Crippen MR) is 43.7 cm³/mol. The molecule has 0 spiro atoms. The molecule has 0 aromatic heterocycles. The maximum atomic E-state index is 12.4. The number of benzene rings is 1. The Morgan fingerprint density at radius 3 is 2.70 bits per heavy atom. The van der Waals surface area contributed by atoms with E-state index in [0.29, 0.717) is 5.88 Å². The Kier molecular flexibility index (Phi) is 2.69. The quantitative estimate of drug-likeness (QED) is 0.641. The van der Waals surface area contributed by atoms with Gasteiger partial charge < -0.3 is 0 Å². The molecular weight excluding hydrogens is 218 g/mol. The molecule has 0 fully saturated rings. The van der Waals surface area contributed by atoms with Crippen LogP contribution in [0.2, 0.25) is 0 Å². The summed E-state index contributed by atoms with van der Waals surface area (Å²) in [6, 6.07) is 4.45. The lowest BCUT2D eigenvalue weighted by atomic mass is 10.2. The highest BCUT2D eigenvalue weighted by molar-refractivity contribution is 9.10. The highest BCUT2D eigenvalue weighted by atomic mass is 79.9. The smallest absolute Gasteiger partial charge is 0.124 e. The van der Waals surface area contributed by atoms with Gasteiger partial charge in [0, 0.05) is 10.4 Å². The molecule has 0 nitrogen and oxygen atoms in total. The summed E-state index contributed by atoms with van der Waals surface area (Å²) >= 11 is 8.71. The molecule has 0 heterocycles. The molecule has 0 aliphatic carbocycles. The monoisotopic (exact) mass is 222 g/mol. The zero-order chi connectivity index (χ0) is 7.56. The largest absolute Gasteiger partial charge is 0.207 e. The third-order valence-electron chi connectivity index (χ3n) is 1.16. The molecule has 0 radical (unpaired) electrons. The van der Waals surface area contributed by atoms with Gasteiger partial charge in [-0.05, 0) is 17.7 Å². The van der Waals surface area contributed by atoms with Gasteiger partial charge >= 0.3 is 0 Å². The first-order valence-corrected chi connectivity index (χ1v) is 4.06. The number of alkyl halides is 1. The summed E-state index contributed by atoms with van der Waals surface area (Å²) in [5.41, 5.74) is 0.906. The van der Waals surface area contributed by atoms with E-state index in [1.54, 1.807) is 6.07 Å². The van der Waals surface area contributed by atoms with Crippen LogP contribution < -0.4 is 0 Å². The Hall–Kier alpha value is -0.0800. The van der Waals surface area contributed by atoms with E-state index in [2.05, 4.69) is 15.9 Å². The molecule has 54 valence electrons. The van der Waals surface area contributed by atoms with Crippen LogP contribution in [0, 0.1) is 5.82 Å². The summed E-state index contributed by atoms with van der Waals surface area (Å²) in [6.45, 7) is 0.